The summed E-state index contributed by atoms with van der Waals surface area (Å²) in [7, 11) is 0. The van der Waals surface area contributed by atoms with Gasteiger partial charge in [-0.1, -0.05) is 6.92 Å². The van der Waals surface area contributed by atoms with Crippen molar-refractivity contribution in [3.05, 3.63) is 40.2 Å². The maximum Gasteiger partial charge on any atom is 0.189 e. The zero-order valence-electron chi connectivity index (χ0n) is 9.54. The van der Waals surface area contributed by atoms with Crippen LogP contribution >= 0.6 is 0 Å². The van der Waals surface area contributed by atoms with Crippen LogP contribution in [0.15, 0.2) is 29.1 Å². The number of hydrogen-bond donors (Lipinski definition) is 1. The second-order valence-electron chi connectivity index (χ2n) is 3.65. The number of aryl methyl sites for hydroxylation is 1. The number of benzene rings is 1. The summed E-state index contributed by atoms with van der Waals surface area (Å²) in [5.74, 6) is 0.741. The van der Waals surface area contributed by atoms with Crippen LogP contribution in [0.5, 0.6) is 5.75 Å². The largest absolute Gasteiger partial charge is 0.494 e. The Balaban J connectivity index is 2.61. The minimum absolute atomic E-state index is 0.0483. The summed E-state index contributed by atoms with van der Waals surface area (Å²) < 4.78 is 5.37. The van der Waals surface area contributed by atoms with E-state index in [1.54, 1.807) is 12.1 Å². The zero-order valence-corrected chi connectivity index (χ0v) is 9.54. The summed E-state index contributed by atoms with van der Waals surface area (Å²) in [5, 5.41) is 0.683. The van der Waals surface area contributed by atoms with E-state index < -0.39 is 0 Å². The van der Waals surface area contributed by atoms with Gasteiger partial charge in [-0.2, -0.15) is 0 Å². The number of H-pyrrole nitrogens is 1. The van der Waals surface area contributed by atoms with E-state index >= 15 is 0 Å². The van der Waals surface area contributed by atoms with Crippen LogP contribution < -0.4 is 10.2 Å². The van der Waals surface area contributed by atoms with Crippen molar-refractivity contribution >= 4 is 10.9 Å². The van der Waals surface area contributed by atoms with E-state index in [2.05, 4.69) is 4.98 Å². The Hall–Kier alpha value is -1.77. The van der Waals surface area contributed by atoms with Crippen molar-refractivity contribution in [3.63, 3.8) is 0 Å². The van der Waals surface area contributed by atoms with Crippen LogP contribution in [0.3, 0.4) is 0 Å². The van der Waals surface area contributed by atoms with Gasteiger partial charge in [-0.15, -0.1) is 0 Å². The van der Waals surface area contributed by atoms with Gasteiger partial charge in [0.2, 0.25) is 0 Å². The molecule has 0 aliphatic carbocycles. The van der Waals surface area contributed by atoms with Crippen molar-refractivity contribution in [2.45, 2.75) is 20.3 Å². The molecule has 3 nitrogen and oxygen atoms in total. The normalized spacial score (nSPS) is 10.6. The van der Waals surface area contributed by atoms with E-state index in [1.165, 1.54) is 0 Å². The lowest BCUT2D eigenvalue weighted by Crippen LogP contribution is -2.05. The van der Waals surface area contributed by atoms with Gasteiger partial charge in [0.15, 0.2) is 5.43 Å². The molecule has 0 aliphatic rings. The first-order valence-corrected chi connectivity index (χ1v) is 5.53. The maximum atomic E-state index is 11.8. The molecular formula is C13H15NO2. The van der Waals surface area contributed by atoms with Crippen molar-refractivity contribution in [1.82, 2.24) is 4.98 Å². The topological polar surface area (TPSA) is 42.1 Å². The number of aromatic nitrogens is 1. The van der Waals surface area contributed by atoms with Gasteiger partial charge in [0, 0.05) is 22.7 Å². The van der Waals surface area contributed by atoms with Crippen molar-refractivity contribution in [1.29, 1.82) is 0 Å². The Morgan fingerprint density at radius 3 is 2.75 bits per heavy atom. The van der Waals surface area contributed by atoms with Gasteiger partial charge < -0.3 is 9.72 Å². The third kappa shape index (κ3) is 1.94. The van der Waals surface area contributed by atoms with E-state index in [0.29, 0.717) is 12.0 Å². The summed E-state index contributed by atoms with van der Waals surface area (Å²) in [6.45, 7) is 4.55. The molecule has 0 fully saturated rings. The van der Waals surface area contributed by atoms with Crippen LogP contribution in [-0.2, 0) is 6.42 Å². The molecule has 1 N–H and O–H groups in total. The highest BCUT2D eigenvalue weighted by Crippen LogP contribution is 2.17. The summed E-state index contributed by atoms with van der Waals surface area (Å²) in [6.07, 6.45) is 0.832. The van der Waals surface area contributed by atoms with Gasteiger partial charge >= 0.3 is 0 Å². The van der Waals surface area contributed by atoms with Crippen LogP contribution in [0, 0.1) is 0 Å². The number of fused-ring (bicyclic) bond motifs is 1. The first-order valence-electron chi connectivity index (χ1n) is 5.53. The second-order valence-corrected chi connectivity index (χ2v) is 3.65. The van der Waals surface area contributed by atoms with E-state index in [1.807, 2.05) is 26.0 Å². The fourth-order valence-electron chi connectivity index (χ4n) is 1.73. The quantitative estimate of drug-likeness (QED) is 0.858. The van der Waals surface area contributed by atoms with Gasteiger partial charge in [-0.05, 0) is 31.5 Å². The smallest absolute Gasteiger partial charge is 0.189 e. The molecule has 16 heavy (non-hydrogen) atoms. The maximum absolute atomic E-state index is 11.8. The highest BCUT2D eigenvalue weighted by Gasteiger charge is 2.02. The molecular weight excluding hydrogens is 202 g/mol. The fraction of sp³-hybridized carbons (Fsp3) is 0.308. The van der Waals surface area contributed by atoms with Gasteiger partial charge in [0.05, 0.1) is 6.61 Å². The lowest BCUT2D eigenvalue weighted by molar-refractivity contribution is 0.340. The number of pyridine rings is 1. The summed E-state index contributed by atoms with van der Waals surface area (Å²) >= 11 is 0. The minimum atomic E-state index is 0.0483. The molecule has 0 saturated heterocycles. The number of ether oxygens (including phenoxy) is 1. The van der Waals surface area contributed by atoms with Gasteiger partial charge in [-0.3, -0.25) is 4.79 Å². The van der Waals surface area contributed by atoms with Crippen molar-refractivity contribution < 1.29 is 4.74 Å². The Morgan fingerprint density at radius 1 is 1.25 bits per heavy atom. The molecule has 3 heteroatoms. The number of rotatable bonds is 3. The molecule has 2 aromatic rings. The molecule has 84 valence electrons. The summed E-state index contributed by atoms with van der Waals surface area (Å²) in [6, 6.07) is 7.21. The van der Waals surface area contributed by atoms with Crippen molar-refractivity contribution in [3.8, 4) is 5.75 Å². The highest BCUT2D eigenvalue weighted by molar-refractivity contribution is 5.80. The Kier molecular flexibility index (Phi) is 2.95. The first kappa shape index (κ1) is 10.7. The lowest BCUT2D eigenvalue weighted by atomic mass is 10.1. The molecule has 0 amide bonds. The molecule has 0 atom stereocenters. The predicted octanol–water partition coefficient (Wildman–Crippen LogP) is 2.49. The predicted molar refractivity (Wildman–Crippen MR) is 65.1 cm³/mol. The van der Waals surface area contributed by atoms with Gasteiger partial charge in [-0.25, -0.2) is 0 Å². The van der Waals surface area contributed by atoms with Crippen LogP contribution in [0.4, 0.5) is 0 Å². The Bertz CT molecular complexity index is 557. The average Bonchev–Trinajstić information content (AvgIpc) is 2.30. The zero-order chi connectivity index (χ0) is 11.5. The highest BCUT2D eigenvalue weighted by atomic mass is 16.5. The van der Waals surface area contributed by atoms with E-state index in [-0.39, 0.29) is 5.43 Å². The molecule has 0 unspecified atom stereocenters. The lowest BCUT2D eigenvalue weighted by Gasteiger charge is -2.05. The average molecular weight is 217 g/mol. The molecule has 0 spiro atoms. The third-order valence-corrected chi connectivity index (χ3v) is 2.55. The molecule has 1 aromatic heterocycles. The second kappa shape index (κ2) is 4.39. The molecule has 0 saturated carbocycles. The SMILES string of the molecule is CCOc1ccc2[nH]c(CC)cc(=O)c2c1. The van der Waals surface area contributed by atoms with Crippen LogP contribution in [0.2, 0.25) is 0 Å². The third-order valence-electron chi connectivity index (χ3n) is 2.55. The van der Waals surface area contributed by atoms with E-state index in [4.69, 9.17) is 4.74 Å². The van der Waals surface area contributed by atoms with Gasteiger partial charge in [0.25, 0.3) is 0 Å². The summed E-state index contributed by atoms with van der Waals surface area (Å²) in [5.41, 5.74) is 1.88. The van der Waals surface area contributed by atoms with Crippen LogP contribution in [0.1, 0.15) is 19.5 Å². The Labute approximate surface area is 94.1 Å². The number of aromatic amines is 1. The molecule has 0 radical (unpaired) electrons. The van der Waals surface area contributed by atoms with Crippen molar-refractivity contribution in [2.24, 2.45) is 0 Å². The minimum Gasteiger partial charge on any atom is -0.494 e. The van der Waals surface area contributed by atoms with Crippen LogP contribution in [0.25, 0.3) is 10.9 Å². The van der Waals surface area contributed by atoms with E-state index in [0.717, 1.165) is 23.4 Å². The van der Waals surface area contributed by atoms with Crippen molar-refractivity contribution in [2.75, 3.05) is 6.61 Å². The number of nitrogens with one attached hydrogen (secondary N) is 1. The van der Waals surface area contributed by atoms with Crippen LogP contribution in [-0.4, -0.2) is 11.6 Å². The number of hydrogen-bond acceptors (Lipinski definition) is 2. The molecule has 1 aromatic carbocycles. The standard InChI is InChI=1S/C13H15NO2/c1-3-9-7-13(15)11-8-10(16-4-2)5-6-12(11)14-9/h5-8H,3-4H2,1-2H3,(H,14,15). The summed E-state index contributed by atoms with van der Waals surface area (Å²) in [4.78, 5) is 15.1. The Morgan fingerprint density at radius 2 is 2.06 bits per heavy atom. The molecule has 1 heterocycles. The fourth-order valence-corrected chi connectivity index (χ4v) is 1.73. The van der Waals surface area contributed by atoms with E-state index in [9.17, 15) is 4.79 Å². The monoisotopic (exact) mass is 217 g/mol. The van der Waals surface area contributed by atoms with Gasteiger partial charge in [0.1, 0.15) is 5.75 Å². The molecule has 2 rings (SSSR count). The molecule has 0 bridgehead atoms. The first-order chi connectivity index (χ1) is 7.74. The molecule has 0 aliphatic heterocycles.